The molecular weight excluding hydrogens is 344 g/mol. The van der Waals surface area contributed by atoms with E-state index in [1.165, 1.54) is 15.6 Å². The van der Waals surface area contributed by atoms with Crippen LogP contribution < -0.4 is 10.6 Å². The van der Waals surface area contributed by atoms with E-state index in [4.69, 9.17) is 4.74 Å². The van der Waals surface area contributed by atoms with Gasteiger partial charge in [0.2, 0.25) is 0 Å². The molecule has 2 rings (SSSR count). The maximum Gasteiger partial charge on any atom is 0.407 e. The molecule has 0 heterocycles. The molecule has 1 aromatic carbocycles. The fourth-order valence-corrected chi connectivity index (χ4v) is 3.28. The van der Waals surface area contributed by atoms with Gasteiger partial charge >= 0.3 is 6.09 Å². The fourth-order valence-electron chi connectivity index (χ4n) is 2.70. The Morgan fingerprint density at radius 2 is 2.18 bits per heavy atom. The molecule has 4 nitrogen and oxygen atoms in total. The van der Waals surface area contributed by atoms with Crippen LogP contribution in [0.2, 0.25) is 0 Å². The number of carbonyl (C=O) groups excluding carboxylic acids is 1. The minimum Gasteiger partial charge on any atom is -0.444 e. The number of alkyl carbamates (subject to hydrolysis) is 1. The number of ether oxygens (including phenoxy) is 1. The van der Waals surface area contributed by atoms with Crippen LogP contribution in [-0.4, -0.2) is 24.3 Å². The summed E-state index contributed by atoms with van der Waals surface area (Å²) in [5.74, 6) is 0. The van der Waals surface area contributed by atoms with Gasteiger partial charge in [-0.25, -0.2) is 4.79 Å². The lowest BCUT2D eigenvalue weighted by Crippen LogP contribution is -2.43. The summed E-state index contributed by atoms with van der Waals surface area (Å²) in [7, 11) is 0. The first-order valence-electron chi connectivity index (χ1n) is 7.76. The van der Waals surface area contributed by atoms with E-state index >= 15 is 0 Å². The van der Waals surface area contributed by atoms with Crippen LogP contribution in [0.3, 0.4) is 0 Å². The molecule has 1 amide bonds. The molecule has 1 aromatic rings. The number of fused-ring (bicyclic) bond motifs is 1. The second-order valence-electron chi connectivity index (χ2n) is 6.85. The van der Waals surface area contributed by atoms with Crippen LogP contribution in [0.15, 0.2) is 22.7 Å². The van der Waals surface area contributed by atoms with Crippen molar-refractivity contribution in [2.45, 2.75) is 58.2 Å². The number of benzene rings is 1. The summed E-state index contributed by atoms with van der Waals surface area (Å²) in [6.07, 6.45) is 1.82. The molecule has 0 radical (unpaired) electrons. The first-order chi connectivity index (χ1) is 10.3. The maximum absolute atomic E-state index is 11.7. The number of hydrogen-bond donors (Lipinski definition) is 2. The van der Waals surface area contributed by atoms with Gasteiger partial charge in [0, 0.05) is 23.1 Å². The van der Waals surface area contributed by atoms with Crippen molar-refractivity contribution in [2.24, 2.45) is 0 Å². The van der Waals surface area contributed by atoms with Gasteiger partial charge in [-0.2, -0.15) is 0 Å². The number of rotatable bonds is 4. The molecule has 122 valence electrons. The highest BCUT2D eigenvalue weighted by atomic mass is 79.9. The lowest BCUT2D eigenvalue weighted by Gasteiger charge is -2.23. The second kappa shape index (κ2) is 7.01. The van der Waals surface area contributed by atoms with Crippen LogP contribution in [0.5, 0.6) is 0 Å². The molecule has 2 N–H and O–H groups in total. The van der Waals surface area contributed by atoms with E-state index in [2.05, 4.69) is 44.8 Å². The Kier molecular flexibility index (Phi) is 5.50. The summed E-state index contributed by atoms with van der Waals surface area (Å²) >= 11 is 3.61. The minimum absolute atomic E-state index is 0.0195. The van der Waals surface area contributed by atoms with Crippen molar-refractivity contribution < 1.29 is 9.53 Å². The highest BCUT2D eigenvalue weighted by molar-refractivity contribution is 9.10. The number of amides is 1. The molecule has 5 heteroatoms. The molecule has 1 aliphatic rings. The molecule has 0 saturated heterocycles. The summed E-state index contributed by atoms with van der Waals surface area (Å²) in [6.45, 7) is 8.29. The molecule has 22 heavy (non-hydrogen) atoms. The van der Waals surface area contributed by atoms with Crippen molar-refractivity contribution in [3.63, 3.8) is 0 Å². The topological polar surface area (TPSA) is 50.4 Å². The zero-order chi connectivity index (χ0) is 16.3. The predicted octanol–water partition coefficient (Wildman–Crippen LogP) is 3.94. The van der Waals surface area contributed by atoms with E-state index in [0.29, 0.717) is 6.04 Å². The van der Waals surface area contributed by atoms with Gasteiger partial charge in [-0.05, 0) is 57.7 Å². The van der Waals surface area contributed by atoms with Crippen LogP contribution in [0.4, 0.5) is 4.79 Å². The molecule has 0 bridgehead atoms. The van der Waals surface area contributed by atoms with Gasteiger partial charge in [-0.15, -0.1) is 0 Å². The van der Waals surface area contributed by atoms with Crippen LogP contribution in [-0.2, 0) is 11.2 Å². The van der Waals surface area contributed by atoms with E-state index in [-0.39, 0.29) is 12.1 Å². The Balaban J connectivity index is 1.82. The molecule has 0 aromatic heterocycles. The fraction of sp³-hybridized carbons (Fsp3) is 0.588. The highest BCUT2D eigenvalue weighted by Gasteiger charge is 2.24. The van der Waals surface area contributed by atoms with E-state index in [9.17, 15) is 4.79 Å². The normalized spacial score (nSPS) is 18.7. The van der Waals surface area contributed by atoms with Crippen LogP contribution in [0, 0.1) is 0 Å². The first-order valence-corrected chi connectivity index (χ1v) is 8.56. The van der Waals surface area contributed by atoms with Gasteiger partial charge in [0.1, 0.15) is 5.60 Å². The van der Waals surface area contributed by atoms with Crippen molar-refractivity contribution in [3.05, 3.63) is 33.8 Å². The van der Waals surface area contributed by atoms with Crippen molar-refractivity contribution in [2.75, 3.05) is 6.54 Å². The van der Waals surface area contributed by atoms with Gasteiger partial charge in [0.05, 0.1) is 0 Å². The number of hydrogen-bond acceptors (Lipinski definition) is 3. The summed E-state index contributed by atoms with van der Waals surface area (Å²) in [5.41, 5.74) is 2.29. The summed E-state index contributed by atoms with van der Waals surface area (Å²) in [5, 5.41) is 6.40. The summed E-state index contributed by atoms with van der Waals surface area (Å²) in [4.78, 5) is 11.7. The van der Waals surface area contributed by atoms with Crippen molar-refractivity contribution in [1.29, 1.82) is 0 Å². The Hall–Kier alpha value is -1.07. The third-order valence-electron chi connectivity index (χ3n) is 3.65. The SMILES string of the molecule is CC(CNC1CCc2c(Br)cccc21)NC(=O)OC(C)(C)C. The molecule has 0 spiro atoms. The third-order valence-corrected chi connectivity index (χ3v) is 4.39. The second-order valence-corrected chi connectivity index (χ2v) is 7.71. The van der Waals surface area contributed by atoms with Crippen molar-refractivity contribution in [1.82, 2.24) is 10.6 Å². The monoisotopic (exact) mass is 368 g/mol. The molecule has 0 aliphatic heterocycles. The van der Waals surface area contributed by atoms with Gasteiger partial charge in [-0.3, -0.25) is 0 Å². The first kappa shape index (κ1) is 17.3. The Morgan fingerprint density at radius 3 is 2.86 bits per heavy atom. The van der Waals surface area contributed by atoms with E-state index in [0.717, 1.165) is 19.4 Å². The zero-order valence-corrected chi connectivity index (χ0v) is 15.3. The Morgan fingerprint density at radius 1 is 1.45 bits per heavy atom. The van der Waals surface area contributed by atoms with Crippen molar-refractivity contribution in [3.8, 4) is 0 Å². The number of carbonyl (C=O) groups is 1. The average Bonchev–Trinajstić information content (AvgIpc) is 2.78. The smallest absolute Gasteiger partial charge is 0.407 e. The van der Waals surface area contributed by atoms with Crippen LogP contribution in [0.1, 0.15) is 51.3 Å². The van der Waals surface area contributed by atoms with Gasteiger partial charge in [0.25, 0.3) is 0 Å². The zero-order valence-electron chi connectivity index (χ0n) is 13.7. The molecule has 0 fully saturated rings. The van der Waals surface area contributed by atoms with Gasteiger partial charge in [0.15, 0.2) is 0 Å². The van der Waals surface area contributed by atoms with Gasteiger partial charge in [-0.1, -0.05) is 28.1 Å². The average molecular weight is 369 g/mol. The minimum atomic E-state index is -0.464. The highest BCUT2D eigenvalue weighted by Crippen LogP contribution is 2.35. The Bertz CT molecular complexity index is 540. The van der Waals surface area contributed by atoms with E-state index in [1.807, 2.05) is 27.7 Å². The molecular formula is C17H25BrN2O2. The van der Waals surface area contributed by atoms with E-state index in [1.54, 1.807) is 0 Å². The predicted molar refractivity (Wildman–Crippen MR) is 92.0 cm³/mol. The standard InChI is InChI=1S/C17H25BrN2O2/c1-11(20-16(21)22-17(2,3)4)10-19-15-9-8-12-13(15)6-5-7-14(12)18/h5-7,11,15,19H,8-10H2,1-4H3,(H,20,21). The molecule has 2 unspecified atom stereocenters. The molecule has 0 saturated carbocycles. The lowest BCUT2D eigenvalue weighted by atomic mass is 10.1. The quantitative estimate of drug-likeness (QED) is 0.845. The maximum atomic E-state index is 11.7. The molecule has 1 aliphatic carbocycles. The Labute approximate surface area is 141 Å². The third kappa shape index (κ3) is 4.71. The molecule has 2 atom stereocenters. The summed E-state index contributed by atoms with van der Waals surface area (Å²) in [6, 6.07) is 6.72. The van der Waals surface area contributed by atoms with Crippen LogP contribution in [0.25, 0.3) is 0 Å². The van der Waals surface area contributed by atoms with E-state index < -0.39 is 5.60 Å². The lowest BCUT2D eigenvalue weighted by molar-refractivity contribution is 0.0507. The van der Waals surface area contributed by atoms with Gasteiger partial charge < -0.3 is 15.4 Å². The summed E-state index contributed by atoms with van der Waals surface area (Å²) < 4.78 is 6.46. The largest absolute Gasteiger partial charge is 0.444 e. The number of nitrogens with one attached hydrogen (secondary N) is 2. The number of halogens is 1. The van der Waals surface area contributed by atoms with Crippen molar-refractivity contribution >= 4 is 22.0 Å². The van der Waals surface area contributed by atoms with Crippen LogP contribution >= 0.6 is 15.9 Å².